The summed E-state index contributed by atoms with van der Waals surface area (Å²) in [5.74, 6) is 2.11. The lowest BCUT2D eigenvalue weighted by Crippen LogP contribution is -2.46. The van der Waals surface area contributed by atoms with Crippen molar-refractivity contribution in [2.75, 3.05) is 0 Å². The zero-order chi connectivity index (χ0) is 14.5. The van der Waals surface area contributed by atoms with E-state index in [4.69, 9.17) is 10.7 Å². The molecule has 3 atom stereocenters. The molecule has 3 N–H and O–H groups in total. The Labute approximate surface area is 121 Å². The molecule has 1 aliphatic carbocycles. The first-order chi connectivity index (χ1) is 9.39. The summed E-state index contributed by atoms with van der Waals surface area (Å²) in [6.45, 7) is 9.06. The van der Waals surface area contributed by atoms with Crippen LogP contribution in [0, 0.1) is 18.3 Å². The molecule has 2 aromatic rings. The second-order valence-electron chi connectivity index (χ2n) is 7.05. The normalized spacial score (nSPS) is 29.8. The molecule has 0 spiro atoms. The third-order valence-corrected chi connectivity index (χ3v) is 5.49. The average Bonchev–Trinajstić information content (AvgIpc) is 2.78. The van der Waals surface area contributed by atoms with E-state index in [0.717, 1.165) is 29.7 Å². The number of hydrogen-bond acceptors (Lipinski definition) is 2. The molecule has 0 radical (unpaired) electrons. The summed E-state index contributed by atoms with van der Waals surface area (Å²) in [4.78, 5) is 8.38. The third kappa shape index (κ3) is 2.05. The van der Waals surface area contributed by atoms with Gasteiger partial charge in [-0.2, -0.15) is 0 Å². The molecule has 0 bridgehead atoms. The molecule has 3 rings (SSSR count). The summed E-state index contributed by atoms with van der Waals surface area (Å²) in [6.07, 6.45) is 2.21. The third-order valence-electron chi connectivity index (χ3n) is 5.49. The van der Waals surface area contributed by atoms with Crippen LogP contribution in [0.5, 0.6) is 0 Å². The van der Waals surface area contributed by atoms with Crippen LogP contribution in [0.1, 0.15) is 50.9 Å². The Hall–Kier alpha value is -1.35. The fraction of sp³-hybridized carbons (Fsp3) is 0.588. The fourth-order valence-electron chi connectivity index (χ4n) is 3.65. The standard InChI is InChI=1S/C17H25N3/c1-10-5-8-14-15(9-10)20-16(19-14)12-6-7-13(18)11(2)17(12,3)4/h5,8-9,11-13H,6-7,18H2,1-4H3,(H,19,20). The first-order valence-corrected chi connectivity index (χ1v) is 7.61. The summed E-state index contributed by atoms with van der Waals surface area (Å²) in [6, 6.07) is 6.72. The van der Waals surface area contributed by atoms with E-state index < -0.39 is 0 Å². The van der Waals surface area contributed by atoms with Gasteiger partial charge in [-0.15, -0.1) is 0 Å². The summed E-state index contributed by atoms with van der Waals surface area (Å²) in [5, 5.41) is 0. The zero-order valence-electron chi connectivity index (χ0n) is 12.9. The number of benzene rings is 1. The fourth-order valence-corrected chi connectivity index (χ4v) is 3.65. The quantitative estimate of drug-likeness (QED) is 0.830. The number of aryl methyl sites for hydroxylation is 1. The maximum Gasteiger partial charge on any atom is 0.110 e. The number of nitrogens with one attached hydrogen (secondary N) is 1. The maximum absolute atomic E-state index is 6.26. The van der Waals surface area contributed by atoms with Crippen LogP contribution in [0.3, 0.4) is 0 Å². The molecular formula is C17H25N3. The highest BCUT2D eigenvalue weighted by molar-refractivity contribution is 5.75. The SMILES string of the molecule is Cc1ccc2nc(C3CCC(N)C(C)C3(C)C)[nH]c2c1. The van der Waals surface area contributed by atoms with Crippen LogP contribution in [0.25, 0.3) is 11.0 Å². The molecule has 1 aromatic heterocycles. The molecule has 0 aliphatic heterocycles. The highest BCUT2D eigenvalue weighted by atomic mass is 14.9. The Bertz CT molecular complexity index is 626. The molecule has 1 heterocycles. The van der Waals surface area contributed by atoms with E-state index in [2.05, 4.69) is 50.9 Å². The molecular weight excluding hydrogens is 246 g/mol. The number of aromatic amines is 1. The smallest absolute Gasteiger partial charge is 0.110 e. The van der Waals surface area contributed by atoms with Crippen LogP contribution < -0.4 is 5.73 Å². The van der Waals surface area contributed by atoms with Crippen LogP contribution in [-0.2, 0) is 0 Å². The Balaban J connectivity index is 2.01. The minimum Gasteiger partial charge on any atom is -0.342 e. The Kier molecular flexibility index (Phi) is 3.13. The van der Waals surface area contributed by atoms with Crippen molar-refractivity contribution in [3.8, 4) is 0 Å². The highest BCUT2D eigenvalue weighted by Crippen LogP contribution is 2.49. The van der Waals surface area contributed by atoms with Crippen LogP contribution in [0.15, 0.2) is 18.2 Å². The minimum atomic E-state index is 0.181. The monoisotopic (exact) mass is 271 g/mol. The lowest BCUT2D eigenvalue weighted by atomic mass is 9.61. The highest BCUT2D eigenvalue weighted by Gasteiger charge is 2.43. The van der Waals surface area contributed by atoms with Crippen molar-refractivity contribution in [1.82, 2.24) is 9.97 Å². The molecule has 0 saturated heterocycles. The molecule has 1 saturated carbocycles. The number of aromatic nitrogens is 2. The summed E-state index contributed by atoms with van der Waals surface area (Å²) in [7, 11) is 0. The largest absolute Gasteiger partial charge is 0.342 e. The number of nitrogens with two attached hydrogens (primary N) is 1. The Morgan fingerprint density at radius 1 is 1.30 bits per heavy atom. The molecule has 0 amide bonds. The predicted octanol–water partition coefficient (Wildman–Crippen LogP) is 3.74. The van der Waals surface area contributed by atoms with Crippen molar-refractivity contribution in [2.24, 2.45) is 17.1 Å². The van der Waals surface area contributed by atoms with Gasteiger partial charge < -0.3 is 10.7 Å². The van der Waals surface area contributed by atoms with Gasteiger partial charge in [0.2, 0.25) is 0 Å². The number of rotatable bonds is 1. The van der Waals surface area contributed by atoms with Gasteiger partial charge in [0.15, 0.2) is 0 Å². The van der Waals surface area contributed by atoms with E-state index >= 15 is 0 Å². The number of imidazole rings is 1. The van der Waals surface area contributed by atoms with E-state index in [1.54, 1.807) is 0 Å². The van der Waals surface area contributed by atoms with Gasteiger partial charge in [-0.05, 0) is 48.8 Å². The number of H-pyrrole nitrogens is 1. The molecule has 1 fully saturated rings. The minimum absolute atomic E-state index is 0.181. The summed E-state index contributed by atoms with van der Waals surface area (Å²) >= 11 is 0. The van der Waals surface area contributed by atoms with E-state index in [9.17, 15) is 0 Å². The van der Waals surface area contributed by atoms with Gasteiger partial charge in [0.25, 0.3) is 0 Å². The van der Waals surface area contributed by atoms with Gasteiger partial charge >= 0.3 is 0 Å². The molecule has 3 nitrogen and oxygen atoms in total. The molecule has 108 valence electrons. The van der Waals surface area contributed by atoms with E-state index in [0.29, 0.717) is 17.9 Å². The molecule has 1 aromatic carbocycles. The lowest BCUT2D eigenvalue weighted by Gasteiger charge is -2.46. The van der Waals surface area contributed by atoms with Crippen molar-refractivity contribution >= 4 is 11.0 Å². The maximum atomic E-state index is 6.26. The summed E-state index contributed by atoms with van der Waals surface area (Å²) in [5.41, 5.74) is 9.93. The van der Waals surface area contributed by atoms with Crippen LogP contribution in [-0.4, -0.2) is 16.0 Å². The predicted molar refractivity (Wildman–Crippen MR) is 83.7 cm³/mol. The second-order valence-corrected chi connectivity index (χ2v) is 7.05. The van der Waals surface area contributed by atoms with Crippen molar-refractivity contribution in [1.29, 1.82) is 0 Å². The first-order valence-electron chi connectivity index (χ1n) is 7.61. The van der Waals surface area contributed by atoms with Crippen LogP contribution >= 0.6 is 0 Å². The van der Waals surface area contributed by atoms with Crippen LogP contribution in [0.4, 0.5) is 0 Å². The van der Waals surface area contributed by atoms with E-state index in [1.165, 1.54) is 5.56 Å². The molecule has 20 heavy (non-hydrogen) atoms. The second kappa shape index (κ2) is 4.59. The van der Waals surface area contributed by atoms with Crippen molar-refractivity contribution in [3.05, 3.63) is 29.6 Å². The van der Waals surface area contributed by atoms with E-state index in [-0.39, 0.29) is 5.41 Å². The number of fused-ring (bicyclic) bond motifs is 1. The van der Waals surface area contributed by atoms with Crippen molar-refractivity contribution < 1.29 is 0 Å². The molecule has 3 unspecified atom stereocenters. The van der Waals surface area contributed by atoms with Gasteiger partial charge in [0, 0.05) is 12.0 Å². The Morgan fingerprint density at radius 2 is 2.05 bits per heavy atom. The topological polar surface area (TPSA) is 54.7 Å². The van der Waals surface area contributed by atoms with Gasteiger partial charge in [0.05, 0.1) is 11.0 Å². The Morgan fingerprint density at radius 3 is 2.80 bits per heavy atom. The van der Waals surface area contributed by atoms with Gasteiger partial charge in [0.1, 0.15) is 5.82 Å². The van der Waals surface area contributed by atoms with Crippen molar-refractivity contribution in [3.63, 3.8) is 0 Å². The number of hydrogen-bond donors (Lipinski definition) is 2. The number of nitrogens with zero attached hydrogens (tertiary/aromatic N) is 1. The average molecular weight is 271 g/mol. The van der Waals surface area contributed by atoms with Crippen molar-refractivity contribution in [2.45, 2.75) is 52.5 Å². The van der Waals surface area contributed by atoms with E-state index in [1.807, 2.05) is 0 Å². The molecule has 1 aliphatic rings. The van der Waals surface area contributed by atoms with Gasteiger partial charge in [-0.25, -0.2) is 4.98 Å². The van der Waals surface area contributed by atoms with Gasteiger partial charge in [-0.3, -0.25) is 0 Å². The zero-order valence-corrected chi connectivity index (χ0v) is 12.9. The van der Waals surface area contributed by atoms with Crippen LogP contribution in [0.2, 0.25) is 0 Å². The first kappa shape index (κ1) is 13.6. The lowest BCUT2D eigenvalue weighted by molar-refractivity contribution is 0.0954. The summed E-state index contributed by atoms with van der Waals surface area (Å²) < 4.78 is 0. The van der Waals surface area contributed by atoms with Gasteiger partial charge in [-0.1, -0.05) is 26.8 Å². The molecule has 3 heteroatoms.